The highest BCUT2D eigenvalue weighted by Gasteiger charge is 2.43. The fourth-order valence-electron chi connectivity index (χ4n) is 3.15. The van der Waals surface area contributed by atoms with E-state index in [0.717, 1.165) is 18.9 Å². The van der Waals surface area contributed by atoms with Crippen LogP contribution in [0.4, 0.5) is 0 Å². The zero-order chi connectivity index (χ0) is 13.0. The first-order chi connectivity index (χ1) is 8.67. The fourth-order valence-corrected chi connectivity index (χ4v) is 3.15. The Labute approximate surface area is 110 Å². The standard InChI is InChI=1S/C14H27N3O/c1-2-11-3-5-12(6-4-11)16-10-14(7-8-14)9-13(15)17-18/h11-12,16,18H,2-10H2,1H3,(H2,15,17). The van der Waals surface area contributed by atoms with Gasteiger partial charge in [-0.15, -0.1) is 0 Å². The monoisotopic (exact) mass is 253 g/mol. The minimum atomic E-state index is 0.290. The highest BCUT2D eigenvalue weighted by atomic mass is 16.4. The van der Waals surface area contributed by atoms with Gasteiger partial charge in [-0.25, -0.2) is 0 Å². The molecule has 104 valence electrons. The largest absolute Gasteiger partial charge is 0.409 e. The minimum absolute atomic E-state index is 0.290. The summed E-state index contributed by atoms with van der Waals surface area (Å²) in [5.41, 5.74) is 5.91. The number of nitrogens with zero attached hydrogens (tertiary/aromatic N) is 1. The Bertz CT molecular complexity index is 291. The molecule has 0 spiro atoms. The smallest absolute Gasteiger partial charge is 0.139 e. The van der Waals surface area contributed by atoms with Crippen molar-refractivity contribution < 1.29 is 5.21 Å². The summed E-state index contributed by atoms with van der Waals surface area (Å²) in [5.74, 6) is 1.33. The van der Waals surface area contributed by atoms with Crippen molar-refractivity contribution in [1.29, 1.82) is 0 Å². The first kappa shape index (κ1) is 13.7. The molecule has 0 aromatic heterocycles. The lowest BCUT2D eigenvalue weighted by atomic mass is 9.84. The third kappa shape index (κ3) is 3.61. The summed E-state index contributed by atoms with van der Waals surface area (Å²) in [7, 11) is 0. The third-order valence-electron chi connectivity index (χ3n) is 4.83. The summed E-state index contributed by atoms with van der Waals surface area (Å²) in [6.45, 7) is 3.33. The van der Waals surface area contributed by atoms with Gasteiger partial charge >= 0.3 is 0 Å². The summed E-state index contributed by atoms with van der Waals surface area (Å²) in [6, 6.07) is 0.692. The van der Waals surface area contributed by atoms with E-state index >= 15 is 0 Å². The molecule has 4 N–H and O–H groups in total. The van der Waals surface area contributed by atoms with Gasteiger partial charge in [0.1, 0.15) is 5.84 Å². The Morgan fingerprint density at radius 1 is 1.33 bits per heavy atom. The normalized spacial score (nSPS) is 31.3. The van der Waals surface area contributed by atoms with E-state index < -0.39 is 0 Å². The number of amidine groups is 1. The zero-order valence-corrected chi connectivity index (χ0v) is 11.5. The average molecular weight is 253 g/mol. The molecule has 0 radical (unpaired) electrons. The molecule has 2 aliphatic rings. The van der Waals surface area contributed by atoms with E-state index in [1.165, 1.54) is 44.9 Å². The van der Waals surface area contributed by atoms with Crippen LogP contribution in [-0.2, 0) is 0 Å². The number of hydrogen-bond acceptors (Lipinski definition) is 3. The van der Waals surface area contributed by atoms with Crippen LogP contribution in [0.2, 0.25) is 0 Å². The molecule has 2 rings (SSSR count). The Hall–Kier alpha value is -0.770. The predicted octanol–water partition coefficient (Wildman–Crippen LogP) is 2.46. The molecular weight excluding hydrogens is 226 g/mol. The van der Waals surface area contributed by atoms with Crippen molar-refractivity contribution in [2.75, 3.05) is 6.54 Å². The molecule has 0 saturated heterocycles. The van der Waals surface area contributed by atoms with E-state index in [1.54, 1.807) is 0 Å². The molecule has 0 unspecified atom stereocenters. The first-order valence-corrected chi connectivity index (χ1v) is 7.37. The second-order valence-electron chi connectivity index (χ2n) is 6.27. The van der Waals surface area contributed by atoms with Crippen molar-refractivity contribution in [3.8, 4) is 0 Å². The second kappa shape index (κ2) is 5.91. The van der Waals surface area contributed by atoms with Crippen molar-refractivity contribution in [2.24, 2.45) is 22.2 Å². The van der Waals surface area contributed by atoms with Gasteiger partial charge in [-0.05, 0) is 49.9 Å². The van der Waals surface area contributed by atoms with Crippen LogP contribution in [0.15, 0.2) is 5.16 Å². The van der Waals surface area contributed by atoms with Crippen LogP contribution in [0.1, 0.15) is 58.3 Å². The molecule has 0 amide bonds. The molecule has 2 fully saturated rings. The number of oxime groups is 1. The number of rotatable bonds is 6. The van der Waals surface area contributed by atoms with E-state index in [0.29, 0.717) is 11.9 Å². The predicted molar refractivity (Wildman–Crippen MR) is 73.7 cm³/mol. The van der Waals surface area contributed by atoms with Crippen molar-refractivity contribution in [2.45, 2.75) is 64.3 Å². The van der Waals surface area contributed by atoms with Crippen molar-refractivity contribution in [3.05, 3.63) is 0 Å². The lowest BCUT2D eigenvalue weighted by Gasteiger charge is -2.30. The summed E-state index contributed by atoms with van der Waals surface area (Å²) in [5, 5.41) is 15.4. The van der Waals surface area contributed by atoms with Crippen molar-refractivity contribution >= 4 is 5.84 Å². The molecule has 2 saturated carbocycles. The van der Waals surface area contributed by atoms with E-state index in [1.807, 2.05) is 0 Å². The van der Waals surface area contributed by atoms with Gasteiger partial charge in [0.25, 0.3) is 0 Å². The zero-order valence-electron chi connectivity index (χ0n) is 11.5. The summed E-state index contributed by atoms with van der Waals surface area (Å²) in [4.78, 5) is 0. The van der Waals surface area contributed by atoms with Crippen LogP contribution in [0, 0.1) is 11.3 Å². The molecule has 0 atom stereocenters. The van der Waals surface area contributed by atoms with Gasteiger partial charge in [-0.2, -0.15) is 0 Å². The lowest BCUT2D eigenvalue weighted by molar-refractivity contribution is 0.272. The topological polar surface area (TPSA) is 70.6 Å². The van der Waals surface area contributed by atoms with Gasteiger partial charge in [-0.1, -0.05) is 18.5 Å². The van der Waals surface area contributed by atoms with Crippen LogP contribution in [0.5, 0.6) is 0 Å². The Morgan fingerprint density at radius 2 is 2.00 bits per heavy atom. The van der Waals surface area contributed by atoms with Crippen LogP contribution >= 0.6 is 0 Å². The van der Waals surface area contributed by atoms with Gasteiger partial charge < -0.3 is 16.3 Å². The lowest BCUT2D eigenvalue weighted by Crippen LogP contribution is -2.38. The maximum absolute atomic E-state index is 8.64. The highest BCUT2D eigenvalue weighted by Crippen LogP contribution is 2.48. The molecule has 18 heavy (non-hydrogen) atoms. The van der Waals surface area contributed by atoms with Crippen molar-refractivity contribution in [1.82, 2.24) is 5.32 Å². The van der Waals surface area contributed by atoms with Gasteiger partial charge in [-0.3, -0.25) is 0 Å². The van der Waals surface area contributed by atoms with Crippen LogP contribution < -0.4 is 11.1 Å². The van der Waals surface area contributed by atoms with Gasteiger partial charge in [0.15, 0.2) is 0 Å². The number of nitrogens with two attached hydrogens (primary N) is 1. The van der Waals surface area contributed by atoms with Crippen LogP contribution in [-0.4, -0.2) is 23.6 Å². The van der Waals surface area contributed by atoms with E-state index in [9.17, 15) is 0 Å². The molecule has 0 bridgehead atoms. The Morgan fingerprint density at radius 3 is 2.50 bits per heavy atom. The Kier molecular flexibility index (Phi) is 4.49. The molecule has 0 aromatic carbocycles. The van der Waals surface area contributed by atoms with Crippen LogP contribution in [0.25, 0.3) is 0 Å². The number of hydrogen-bond donors (Lipinski definition) is 3. The minimum Gasteiger partial charge on any atom is -0.409 e. The molecule has 4 heteroatoms. The molecule has 0 heterocycles. The van der Waals surface area contributed by atoms with E-state index in [4.69, 9.17) is 10.9 Å². The first-order valence-electron chi connectivity index (χ1n) is 7.37. The molecule has 0 aliphatic heterocycles. The number of nitrogens with one attached hydrogen (secondary N) is 1. The van der Waals surface area contributed by atoms with Gasteiger partial charge in [0.2, 0.25) is 0 Å². The second-order valence-corrected chi connectivity index (χ2v) is 6.27. The van der Waals surface area contributed by atoms with Gasteiger partial charge in [0, 0.05) is 19.0 Å². The summed E-state index contributed by atoms with van der Waals surface area (Å²) < 4.78 is 0. The Balaban J connectivity index is 1.69. The molecule has 2 aliphatic carbocycles. The third-order valence-corrected chi connectivity index (χ3v) is 4.83. The van der Waals surface area contributed by atoms with Gasteiger partial charge in [0.05, 0.1) is 0 Å². The van der Waals surface area contributed by atoms with Crippen LogP contribution in [0.3, 0.4) is 0 Å². The summed E-state index contributed by atoms with van der Waals surface area (Å²) in [6.07, 6.45) is 9.88. The summed E-state index contributed by atoms with van der Waals surface area (Å²) >= 11 is 0. The van der Waals surface area contributed by atoms with E-state index in [2.05, 4.69) is 17.4 Å². The molecule has 4 nitrogen and oxygen atoms in total. The maximum atomic E-state index is 8.64. The van der Waals surface area contributed by atoms with Crippen molar-refractivity contribution in [3.63, 3.8) is 0 Å². The average Bonchev–Trinajstić information content (AvgIpc) is 3.17. The van der Waals surface area contributed by atoms with E-state index in [-0.39, 0.29) is 5.41 Å². The highest BCUT2D eigenvalue weighted by molar-refractivity contribution is 5.80. The SMILES string of the molecule is CCC1CCC(NCC2(CC(N)=NO)CC2)CC1. The fraction of sp³-hybridized carbons (Fsp3) is 0.929. The maximum Gasteiger partial charge on any atom is 0.139 e. The molecular formula is C14H27N3O. The molecule has 0 aromatic rings. The quantitative estimate of drug-likeness (QED) is 0.295.